The van der Waals surface area contributed by atoms with Gasteiger partial charge in [0, 0.05) is 6.54 Å². The quantitative estimate of drug-likeness (QED) is 0.685. The zero-order valence-electron chi connectivity index (χ0n) is 16.1. The molecule has 1 amide bonds. The van der Waals surface area contributed by atoms with E-state index in [2.05, 4.69) is 31.3 Å². The van der Waals surface area contributed by atoms with Gasteiger partial charge in [-0.05, 0) is 42.5 Å². The lowest BCUT2D eigenvalue weighted by Crippen LogP contribution is -2.38. The highest BCUT2D eigenvalue weighted by Crippen LogP contribution is 2.28. The summed E-state index contributed by atoms with van der Waals surface area (Å²) in [5.41, 5.74) is 3.35. The zero-order chi connectivity index (χ0) is 18.9. The van der Waals surface area contributed by atoms with Crippen LogP contribution in [0.25, 0.3) is 0 Å². The van der Waals surface area contributed by atoms with Crippen molar-refractivity contribution in [1.82, 2.24) is 5.32 Å². The van der Waals surface area contributed by atoms with E-state index in [1.54, 1.807) is 6.92 Å². The Bertz CT molecular complexity index is 698. The number of carbonyl (C=O) groups excluding carboxylic acids is 1. The van der Waals surface area contributed by atoms with Gasteiger partial charge in [0.15, 0.2) is 6.10 Å². The predicted molar refractivity (Wildman–Crippen MR) is 104 cm³/mol. The van der Waals surface area contributed by atoms with Gasteiger partial charge >= 0.3 is 0 Å². The Kier molecular flexibility index (Phi) is 7.67. The van der Waals surface area contributed by atoms with Crippen LogP contribution in [0.4, 0.5) is 0 Å². The predicted octanol–water partition coefficient (Wildman–Crippen LogP) is 4.22. The van der Waals surface area contributed by atoms with Crippen LogP contribution in [0.15, 0.2) is 48.5 Å². The number of nitrogens with one attached hydrogen (secondary N) is 1. The summed E-state index contributed by atoms with van der Waals surface area (Å²) in [5, 5.41) is 2.86. The molecular formula is C22H29NO3. The summed E-state index contributed by atoms with van der Waals surface area (Å²) in [5.74, 6) is 0.986. The Morgan fingerprint density at radius 3 is 2.50 bits per heavy atom. The van der Waals surface area contributed by atoms with Crippen molar-refractivity contribution in [2.45, 2.75) is 46.3 Å². The molecule has 1 N–H and O–H groups in total. The smallest absolute Gasteiger partial charge is 0.260 e. The maximum absolute atomic E-state index is 12.3. The first-order valence-corrected chi connectivity index (χ1v) is 9.14. The van der Waals surface area contributed by atoms with E-state index in [1.807, 2.05) is 43.3 Å². The average molecular weight is 355 g/mol. The fourth-order valence-electron chi connectivity index (χ4n) is 2.62. The Balaban J connectivity index is 1.76. The first kappa shape index (κ1) is 20.0. The van der Waals surface area contributed by atoms with Gasteiger partial charge in [0.05, 0.1) is 13.2 Å². The van der Waals surface area contributed by atoms with Crippen LogP contribution in [0.5, 0.6) is 5.75 Å². The van der Waals surface area contributed by atoms with Gasteiger partial charge in [-0.15, -0.1) is 0 Å². The molecular weight excluding hydrogens is 326 g/mol. The molecule has 0 aromatic heterocycles. The van der Waals surface area contributed by atoms with Crippen molar-refractivity contribution < 1.29 is 14.3 Å². The van der Waals surface area contributed by atoms with Crippen LogP contribution in [0, 0.1) is 6.92 Å². The van der Waals surface area contributed by atoms with Crippen LogP contribution in [-0.2, 0) is 16.1 Å². The first-order chi connectivity index (χ1) is 12.5. The molecule has 0 fully saturated rings. The number of hydrogen-bond acceptors (Lipinski definition) is 3. The monoisotopic (exact) mass is 355 g/mol. The maximum Gasteiger partial charge on any atom is 0.260 e. The summed E-state index contributed by atoms with van der Waals surface area (Å²) >= 11 is 0. The molecule has 2 rings (SSSR count). The van der Waals surface area contributed by atoms with Gasteiger partial charge in [0.1, 0.15) is 5.75 Å². The summed E-state index contributed by atoms with van der Waals surface area (Å²) < 4.78 is 11.5. The second-order valence-electron chi connectivity index (χ2n) is 6.79. The van der Waals surface area contributed by atoms with E-state index in [9.17, 15) is 4.79 Å². The minimum absolute atomic E-state index is 0.135. The summed E-state index contributed by atoms with van der Waals surface area (Å²) in [7, 11) is 0. The standard InChI is InChI=1S/C22H29NO3/c1-16(2)20-11-10-17(3)14-21(20)26-18(4)22(24)23-12-13-25-15-19-8-6-5-7-9-19/h5-11,14,16,18H,12-13,15H2,1-4H3,(H,23,24). The van der Waals surface area contributed by atoms with Crippen molar-refractivity contribution in [1.29, 1.82) is 0 Å². The van der Waals surface area contributed by atoms with Gasteiger partial charge in [-0.1, -0.05) is 56.3 Å². The van der Waals surface area contributed by atoms with Crippen molar-refractivity contribution >= 4 is 5.91 Å². The third-order valence-corrected chi connectivity index (χ3v) is 4.12. The van der Waals surface area contributed by atoms with Crippen LogP contribution in [0.1, 0.15) is 43.4 Å². The number of amides is 1. The van der Waals surface area contributed by atoms with E-state index in [1.165, 1.54) is 0 Å². The minimum atomic E-state index is -0.552. The second kappa shape index (κ2) is 9.97. The van der Waals surface area contributed by atoms with E-state index < -0.39 is 6.10 Å². The van der Waals surface area contributed by atoms with Crippen molar-refractivity contribution in [2.24, 2.45) is 0 Å². The molecule has 2 aromatic carbocycles. The van der Waals surface area contributed by atoms with Crippen molar-refractivity contribution in [2.75, 3.05) is 13.2 Å². The molecule has 2 aromatic rings. The van der Waals surface area contributed by atoms with E-state index in [-0.39, 0.29) is 5.91 Å². The number of rotatable bonds is 9. The Labute approximate surface area is 156 Å². The molecule has 0 aliphatic carbocycles. The van der Waals surface area contributed by atoms with E-state index in [0.29, 0.717) is 25.7 Å². The largest absolute Gasteiger partial charge is 0.481 e. The first-order valence-electron chi connectivity index (χ1n) is 9.14. The number of benzene rings is 2. The van der Waals surface area contributed by atoms with Crippen molar-refractivity contribution in [3.63, 3.8) is 0 Å². The fraction of sp³-hybridized carbons (Fsp3) is 0.409. The van der Waals surface area contributed by atoms with Crippen molar-refractivity contribution in [3.8, 4) is 5.75 Å². The van der Waals surface area contributed by atoms with Crippen molar-refractivity contribution in [3.05, 3.63) is 65.2 Å². The maximum atomic E-state index is 12.3. The van der Waals surface area contributed by atoms with Gasteiger partial charge in [0.25, 0.3) is 5.91 Å². The van der Waals surface area contributed by atoms with Crippen LogP contribution in [0.3, 0.4) is 0 Å². The van der Waals surface area contributed by atoms with E-state index in [0.717, 1.165) is 22.4 Å². The molecule has 4 nitrogen and oxygen atoms in total. The highest BCUT2D eigenvalue weighted by molar-refractivity contribution is 5.80. The van der Waals surface area contributed by atoms with Gasteiger partial charge < -0.3 is 14.8 Å². The fourth-order valence-corrected chi connectivity index (χ4v) is 2.62. The zero-order valence-corrected chi connectivity index (χ0v) is 16.1. The molecule has 26 heavy (non-hydrogen) atoms. The van der Waals surface area contributed by atoms with Gasteiger partial charge in [0.2, 0.25) is 0 Å². The summed E-state index contributed by atoms with van der Waals surface area (Å²) in [6.45, 7) is 9.50. The normalized spacial score (nSPS) is 12.0. The molecule has 0 spiro atoms. The molecule has 0 saturated heterocycles. The summed E-state index contributed by atoms with van der Waals surface area (Å²) in [6, 6.07) is 16.1. The Hall–Kier alpha value is -2.33. The molecule has 1 unspecified atom stereocenters. The Morgan fingerprint density at radius 2 is 1.81 bits per heavy atom. The number of aryl methyl sites for hydroxylation is 1. The second-order valence-corrected chi connectivity index (χ2v) is 6.79. The highest BCUT2D eigenvalue weighted by atomic mass is 16.5. The third-order valence-electron chi connectivity index (χ3n) is 4.12. The average Bonchev–Trinajstić information content (AvgIpc) is 2.62. The number of carbonyl (C=O) groups is 1. The molecule has 0 aliphatic heterocycles. The van der Waals surface area contributed by atoms with Crippen LogP contribution >= 0.6 is 0 Å². The lowest BCUT2D eigenvalue weighted by molar-refractivity contribution is -0.127. The molecule has 0 saturated carbocycles. The molecule has 0 radical (unpaired) electrons. The van der Waals surface area contributed by atoms with Gasteiger partial charge in [-0.25, -0.2) is 0 Å². The highest BCUT2D eigenvalue weighted by Gasteiger charge is 2.17. The SMILES string of the molecule is Cc1ccc(C(C)C)c(OC(C)C(=O)NCCOCc2ccccc2)c1. The number of ether oxygens (including phenoxy) is 2. The van der Waals surface area contributed by atoms with E-state index in [4.69, 9.17) is 9.47 Å². The summed E-state index contributed by atoms with van der Waals surface area (Å²) in [4.78, 5) is 12.3. The summed E-state index contributed by atoms with van der Waals surface area (Å²) in [6.07, 6.45) is -0.552. The van der Waals surface area contributed by atoms with Crippen LogP contribution in [0.2, 0.25) is 0 Å². The van der Waals surface area contributed by atoms with Crippen LogP contribution < -0.4 is 10.1 Å². The molecule has 0 heterocycles. The molecule has 1 atom stereocenters. The van der Waals surface area contributed by atoms with Crippen LogP contribution in [-0.4, -0.2) is 25.2 Å². The molecule has 140 valence electrons. The Morgan fingerprint density at radius 1 is 1.08 bits per heavy atom. The van der Waals surface area contributed by atoms with E-state index >= 15 is 0 Å². The molecule has 4 heteroatoms. The molecule has 0 aliphatic rings. The lowest BCUT2D eigenvalue weighted by Gasteiger charge is -2.19. The lowest BCUT2D eigenvalue weighted by atomic mass is 10.0. The van der Waals surface area contributed by atoms with Gasteiger partial charge in [-0.2, -0.15) is 0 Å². The number of hydrogen-bond donors (Lipinski definition) is 1. The van der Waals surface area contributed by atoms with Gasteiger partial charge in [-0.3, -0.25) is 4.79 Å². The topological polar surface area (TPSA) is 47.6 Å². The molecule has 0 bridgehead atoms. The minimum Gasteiger partial charge on any atom is -0.481 e. The third kappa shape index (κ3) is 6.19.